The average Bonchev–Trinajstić information content (AvgIpc) is 2.84. The summed E-state index contributed by atoms with van der Waals surface area (Å²) in [6.07, 6.45) is 6.03. The van der Waals surface area contributed by atoms with Gasteiger partial charge in [0.1, 0.15) is 5.69 Å². The van der Waals surface area contributed by atoms with Crippen molar-refractivity contribution < 1.29 is 9.53 Å². The fraction of sp³-hybridized carbons (Fsp3) is 0.714. The first-order chi connectivity index (χ1) is 9.11. The van der Waals surface area contributed by atoms with Crippen LogP contribution in [0.1, 0.15) is 36.2 Å². The normalized spacial score (nSPS) is 30.6. The molecule has 5 nitrogen and oxygen atoms in total. The molecule has 2 aliphatic heterocycles. The van der Waals surface area contributed by atoms with E-state index in [4.69, 9.17) is 4.74 Å². The van der Waals surface area contributed by atoms with Crippen LogP contribution in [0.3, 0.4) is 0 Å². The summed E-state index contributed by atoms with van der Waals surface area (Å²) >= 11 is 0. The van der Waals surface area contributed by atoms with Gasteiger partial charge in [-0.15, -0.1) is 0 Å². The van der Waals surface area contributed by atoms with E-state index in [0.717, 1.165) is 12.8 Å². The standard InChI is InChI=1S/C14H21N3O2/c1-16-10-4-5-11(16)7-9(6-10)14(18)13-12(19-3)8-15-17(13)2/h8-11H,4-7H2,1-3H3. The Morgan fingerprint density at radius 1 is 1.32 bits per heavy atom. The fourth-order valence-corrected chi connectivity index (χ4v) is 3.67. The van der Waals surface area contributed by atoms with Crippen LogP contribution in [0.4, 0.5) is 0 Å². The fourth-order valence-electron chi connectivity index (χ4n) is 3.67. The number of nitrogens with zero attached hydrogens (tertiary/aromatic N) is 3. The van der Waals surface area contributed by atoms with Crippen molar-refractivity contribution in [2.75, 3.05) is 14.2 Å². The zero-order valence-electron chi connectivity index (χ0n) is 11.8. The van der Waals surface area contributed by atoms with Gasteiger partial charge in [-0.2, -0.15) is 5.10 Å². The van der Waals surface area contributed by atoms with Crippen molar-refractivity contribution >= 4 is 5.78 Å². The van der Waals surface area contributed by atoms with Gasteiger partial charge in [-0.05, 0) is 32.7 Å². The lowest BCUT2D eigenvalue weighted by Crippen LogP contribution is -2.42. The number of ether oxygens (including phenoxy) is 1. The minimum Gasteiger partial charge on any atom is -0.493 e. The number of hydrogen-bond acceptors (Lipinski definition) is 4. The number of aryl methyl sites for hydroxylation is 1. The highest BCUT2D eigenvalue weighted by Gasteiger charge is 2.42. The minimum atomic E-state index is 0.123. The largest absolute Gasteiger partial charge is 0.493 e. The van der Waals surface area contributed by atoms with Crippen molar-refractivity contribution in [1.82, 2.24) is 14.7 Å². The summed E-state index contributed by atoms with van der Waals surface area (Å²) in [4.78, 5) is 15.2. The summed E-state index contributed by atoms with van der Waals surface area (Å²) in [5.41, 5.74) is 0.622. The number of hydrogen-bond donors (Lipinski definition) is 0. The molecule has 0 saturated carbocycles. The van der Waals surface area contributed by atoms with Gasteiger partial charge in [-0.3, -0.25) is 9.48 Å². The van der Waals surface area contributed by atoms with Gasteiger partial charge in [0.2, 0.25) is 0 Å². The molecule has 0 N–H and O–H groups in total. The smallest absolute Gasteiger partial charge is 0.187 e. The predicted octanol–water partition coefficient (Wildman–Crippen LogP) is 1.48. The molecule has 2 saturated heterocycles. The van der Waals surface area contributed by atoms with Crippen LogP contribution in [0.15, 0.2) is 6.20 Å². The Kier molecular flexibility index (Phi) is 3.09. The van der Waals surface area contributed by atoms with Crippen molar-refractivity contribution in [3.8, 4) is 5.75 Å². The molecule has 0 radical (unpaired) electrons. The van der Waals surface area contributed by atoms with E-state index in [0.29, 0.717) is 23.5 Å². The van der Waals surface area contributed by atoms with Gasteiger partial charge in [0, 0.05) is 25.0 Å². The highest BCUT2D eigenvalue weighted by atomic mass is 16.5. The molecule has 0 spiro atoms. The molecule has 2 fully saturated rings. The maximum atomic E-state index is 12.7. The molecular weight excluding hydrogens is 242 g/mol. The summed E-state index contributed by atoms with van der Waals surface area (Å²) < 4.78 is 6.89. The summed E-state index contributed by atoms with van der Waals surface area (Å²) in [6.45, 7) is 0. The predicted molar refractivity (Wildman–Crippen MR) is 71.4 cm³/mol. The molecule has 104 valence electrons. The molecule has 2 atom stereocenters. The van der Waals surface area contributed by atoms with Gasteiger partial charge in [-0.25, -0.2) is 0 Å². The molecule has 1 aromatic rings. The van der Waals surface area contributed by atoms with Gasteiger partial charge >= 0.3 is 0 Å². The van der Waals surface area contributed by atoms with Crippen LogP contribution >= 0.6 is 0 Å². The molecule has 2 unspecified atom stereocenters. The Bertz CT molecular complexity index is 483. The topological polar surface area (TPSA) is 47.4 Å². The van der Waals surface area contributed by atoms with Crippen LogP contribution < -0.4 is 4.74 Å². The van der Waals surface area contributed by atoms with E-state index in [1.54, 1.807) is 25.0 Å². The SMILES string of the molecule is COc1cnn(C)c1C(=O)C1CC2CCC(C1)N2C. The maximum Gasteiger partial charge on any atom is 0.187 e. The molecule has 3 heterocycles. The molecule has 2 aliphatic rings. The van der Waals surface area contributed by atoms with Crippen LogP contribution in [0.5, 0.6) is 5.75 Å². The first kappa shape index (κ1) is 12.7. The lowest BCUT2D eigenvalue weighted by molar-refractivity contribution is 0.0754. The molecule has 5 heteroatoms. The van der Waals surface area contributed by atoms with Gasteiger partial charge in [0.15, 0.2) is 11.5 Å². The van der Waals surface area contributed by atoms with Gasteiger partial charge < -0.3 is 9.64 Å². The number of methoxy groups -OCH3 is 1. The third kappa shape index (κ3) is 1.96. The quantitative estimate of drug-likeness (QED) is 0.775. The molecule has 0 aliphatic carbocycles. The number of fused-ring (bicyclic) bond motifs is 2. The van der Waals surface area contributed by atoms with Crippen LogP contribution in [0.2, 0.25) is 0 Å². The number of piperidine rings is 1. The number of Topliss-reactive ketones (excluding diaryl/α,β-unsaturated/α-hetero) is 1. The second kappa shape index (κ2) is 4.63. The number of ketones is 1. The number of carbonyl (C=O) groups excluding carboxylic acids is 1. The molecular formula is C14H21N3O2. The van der Waals surface area contributed by atoms with E-state index in [1.165, 1.54) is 12.8 Å². The van der Waals surface area contributed by atoms with Crippen LogP contribution in [0, 0.1) is 5.92 Å². The lowest BCUT2D eigenvalue weighted by atomic mass is 9.86. The Morgan fingerprint density at radius 2 is 1.95 bits per heavy atom. The second-order valence-electron chi connectivity index (χ2n) is 5.77. The third-order valence-electron chi connectivity index (χ3n) is 4.83. The molecule has 19 heavy (non-hydrogen) atoms. The van der Waals surface area contributed by atoms with E-state index in [1.807, 2.05) is 0 Å². The molecule has 0 amide bonds. The molecule has 3 rings (SSSR count). The van der Waals surface area contributed by atoms with Gasteiger partial charge in [-0.1, -0.05) is 0 Å². The van der Waals surface area contributed by atoms with Gasteiger partial charge in [0.05, 0.1) is 13.3 Å². The lowest BCUT2D eigenvalue weighted by Gasteiger charge is -2.35. The second-order valence-corrected chi connectivity index (χ2v) is 5.77. The zero-order chi connectivity index (χ0) is 13.6. The average molecular weight is 263 g/mol. The maximum absolute atomic E-state index is 12.7. The minimum absolute atomic E-state index is 0.123. The molecule has 2 bridgehead atoms. The number of carbonyl (C=O) groups is 1. The van der Waals surface area contributed by atoms with E-state index < -0.39 is 0 Å². The van der Waals surface area contributed by atoms with E-state index in [-0.39, 0.29) is 11.7 Å². The first-order valence-corrected chi connectivity index (χ1v) is 6.94. The first-order valence-electron chi connectivity index (χ1n) is 6.94. The van der Waals surface area contributed by atoms with Crippen molar-refractivity contribution in [1.29, 1.82) is 0 Å². The van der Waals surface area contributed by atoms with Crippen LogP contribution in [-0.2, 0) is 7.05 Å². The molecule has 1 aromatic heterocycles. The zero-order valence-corrected chi connectivity index (χ0v) is 11.8. The van der Waals surface area contributed by atoms with E-state index in [9.17, 15) is 4.79 Å². The van der Waals surface area contributed by atoms with E-state index >= 15 is 0 Å². The van der Waals surface area contributed by atoms with Crippen molar-refractivity contribution in [3.63, 3.8) is 0 Å². The van der Waals surface area contributed by atoms with Crippen molar-refractivity contribution in [2.45, 2.75) is 37.8 Å². The summed E-state index contributed by atoms with van der Waals surface area (Å²) in [7, 11) is 5.58. The summed E-state index contributed by atoms with van der Waals surface area (Å²) in [5, 5.41) is 4.13. The summed E-state index contributed by atoms with van der Waals surface area (Å²) in [6, 6.07) is 1.15. The van der Waals surface area contributed by atoms with Gasteiger partial charge in [0.25, 0.3) is 0 Å². The Hall–Kier alpha value is -1.36. The highest BCUT2D eigenvalue weighted by Crippen LogP contribution is 2.39. The summed E-state index contributed by atoms with van der Waals surface area (Å²) in [5.74, 6) is 0.915. The highest BCUT2D eigenvalue weighted by molar-refractivity contribution is 5.98. The molecule has 0 aromatic carbocycles. The Balaban J connectivity index is 1.83. The van der Waals surface area contributed by atoms with E-state index in [2.05, 4.69) is 17.0 Å². The third-order valence-corrected chi connectivity index (χ3v) is 4.83. The van der Waals surface area contributed by atoms with Crippen LogP contribution in [-0.4, -0.2) is 46.7 Å². The monoisotopic (exact) mass is 263 g/mol. The Labute approximate surface area is 113 Å². The van der Waals surface area contributed by atoms with Crippen LogP contribution in [0.25, 0.3) is 0 Å². The Morgan fingerprint density at radius 3 is 2.53 bits per heavy atom. The number of aromatic nitrogens is 2. The van der Waals surface area contributed by atoms with Crippen molar-refractivity contribution in [2.24, 2.45) is 13.0 Å². The number of rotatable bonds is 3. The van der Waals surface area contributed by atoms with Crippen molar-refractivity contribution in [3.05, 3.63) is 11.9 Å².